The molecule has 1 heterocycles. The van der Waals surface area contributed by atoms with Gasteiger partial charge in [-0.15, -0.1) is 0 Å². The first-order valence-electron chi connectivity index (χ1n) is 5.44. The van der Waals surface area contributed by atoms with Crippen LogP contribution in [-0.2, 0) is 4.74 Å². The molecular formula is C13H16O3. The van der Waals surface area contributed by atoms with Crippen LogP contribution in [0.15, 0.2) is 36.1 Å². The van der Waals surface area contributed by atoms with Gasteiger partial charge in [0.15, 0.2) is 0 Å². The van der Waals surface area contributed by atoms with E-state index in [4.69, 9.17) is 9.47 Å². The summed E-state index contributed by atoms with van der Waals surface area (Å²) in [7, 11) is 1.63. The minimum absolute atomic E-state index is 0.564. The molecule has 0 radical (unpaired) electrons. The van der Waals surface area contributed by atoms with Gasteiger partial charge in [-0.05, 0) is 36.1 Å². The van der Waals surface area contributed by atoms with Gasteiger partial charge >= 0.3 is 0 Å². The summed E-state index contributed by atoms with van der Waals surface area (Å²) >= 11 is 0. The van der Waals surface area contributed by atoms with Crippen molar-refractivity contribution in [3.63, 3.8) is 0 Å². The van der Waals surface area contributed by atoms with Crippen molar-refractivity contribution >= 4 is 0 Å². The van der Waals surface area contributed by atoms with Crippen LogP contribution in [0.3, 0.4) is 0 Å². The standard InChI is InChI=1S/C13H16O3/c1-15-12-6-4-10(5-7-12)13(14)11-3-2-8-16-9-11/h4-7,9,13-14H,2-3,8H2,1H3. The molecule has 1 atom stereocenters. The van der Waals surface area contributed by atoms with E-state index in [0.717, 1.165) is 36.3 Å². The van der Waals surface area contributed by atoms with E-state index in [2.05, 4.69) is 0 Å². The van der Waals surface area contributed by atoms with E-state index < -0.39 is 6.10 Å². The lowest BCUT2D eigenvalue weighted by Crippen LogP contribution is -2.07. The van der Waals surface area contributed by atoms with Crippen molar-refractivity contribution in [2.75, 3.05) is 13.7 Å². The molecule has 0 amide bonds. The fourth-order valence-corrected chi connectivity index (χ4v) is 1.79. The highest BCUT2D eigenvalue weighted by atomic mass is 16.5. The molecule has 3 heteroatoms. The Hall–Kier alpha value is -1.48. The fourth-order valence-electron chi connectivity index (χ4n) is 1.79. The Bertz CT molecular complexity index is 367. The van der Waals surface area contributed by atoms with E-state index in [-0.39, 0.29) is 0 Å². The molecule has 1 aromatic carbocycles. The molecule has 0 saturated heterocycles. The number of ether oxygens (including phenoxy) is 2. The number of hydrogen-bond acceptors (Lipinski definition) is 3. The summed E-state index contributed by atoms with van der Waals surface area (Å²) in [4.78, 5) is 0. The maximum atomic E-state index is 10.1. The topological polar surface area (TPSA) is 38.7 Å². The third kappa shape index (κ3) is 2.36. The zero-order valence-electron chi connectivity index (χ0n) is 9.35. The lowest BCUT2D eigenvalue weighted by atomic mass is 9.98. The molecule has 0 bridgehead atoms. The first-order valence-corrected chi connectivity index (χ1v) is 5.44. The highest BCUT2D eigenvalue weighted by Gasteiger charge is 2.16. The predicted octanol–water partition coefficient (Wildman–Crippen LogP) is 2.42. The quantitative estimate of drug-likeness (QED) is 0.850. The van der Waals surface area contributed by atoms with Crippen LogP contribution in [-0.4, -0.2) is 18.8 Å². The molecule has 0 fully saturated rings. The van der Waals surface area contributed by atoms with Crippen molar-refractivity contribution in [2.24, 2.45) is 0 Å². The molecule has 1 aromatic rings. The highest BCUT2D eigenvalue weighted by molar-refractivity contribution is 5.32. The van der Waals surface area contributed by atoms with Gasteiger partial charge in [0.1, 0.15) is 11.9 Å². The van der Waals surface area contributed by atoms with Gasteiger partial charge in [0.25, 0.3) is 0 Å². The Balaban J connectivity index is 2.13. The van der Waals surface area contributed by atoms with E-state index in [1.54, 1.807) is 13.4 Å². The summed E-state index contributed by atoms with van der Waals surface area (Å²) in [5, 5.41) is 10.1. The molecular weight excluding hydrogens is 204 g/mol. The molecule has 16 heavy (non-hydrogen) atoms. The second-order valence-corrected chi connectivity index (χ2v) is 3.84. The van der Waals surface area contributed by atoms with Crippen molar-refractivity contribution < 1.29 is 14.6 Å². The molecule has 1 aliphatic rings. The largest absolute Gasteiger partial charge is 0.501 e. The van der Waals surface area contributed by atoms with Gasteiger partial charge in [0.2, 0.25) is 0 Å². The maximum absolute atomic E-state index is 10.1. The average molecular weight is 220 g/mol. The number of hydrogen-bond donors (Lipinski definition) is 1. The third-order valence-electron chi connectivity index (χ3n) is 2.75. The lowest BCUT2D eigenvalue weighted by molar-refractivity contribution is 0.170. The van der Waals surface area contributed by atoms with Gasteiger partial charge in [-0.2, -0.15) is 0 Å². The summed E-state index contributed by atoms with van der Waals surface area (Å²) in [5.41, 5.74) is 1.81. The second-order valence-electron chi connectivity index (χ2n) is 3.84. The zero-order chi connectivity index (χ0) is 11.4. The van der Waals surface area contributed by atoms with Crippen LogP contribution >= 0.6 is 0 Å². The molecule has 1 N–H and O–H groups in total. The first-order chi connectivity index (χ1) is 7.81. The monoisotopic (exact) mass is 220 g/mol. The number of rotatable bonds is 3. The normalized spacial score (nSPS) is 17.2. The smallest absolute Gasteiger partial charge is 0.118 e. The number of aliphatic hydroxyl groups is 1. The van der Waals surface area contributed by atoms with Gasteiger partial charge in [-0.25, -0.2) is 0 Å². The number of aliphatic hydroxyl groups excluding tert-OH is 1. The van der Waals surface area contributed by atoms with E-state index >= 15 is 0 Å². The van der Waals surface area contributed by atoms with E-state index in [1.807, 2.05) is 24.3 Å². The third-order valence-corrected chi connectivity index (χ3v) is 2.75. The molecule has 1 aliphatic heterocycles. The van der Waals surface area contributed by atoms with Crippen LogP contribution in [0.1, 0.15) is 24.5 Å². The molecule has 0 saturated carbocycles. The van der Waals surface area contributed by atoms with Gasteiger partial charge in [0.05, 0.1) is 20.0 Å². The van der Waals surface area contributed by atoms with Crippen molar-refractivity contribution in [1.82, 2.24) is 0 Å². The second kappa shape index (κ2) is 5.03. The van der Waals surface area contributed by atoms with Crippen LogP contribution in [0.25, 0.3) is 0 Å². The number of benzene rings is 1. The highest BCUT2D eigenvalue weighted by Crippen LogP contribution is 2.28. The van der Waals surface area contributed by atoms with Crippen molar-refractivity contribution in [1.29, 1.82) is 0 Å². The van der Waals surface area contributed by atoms with Gasteiger partial charge in [-0.1, -0.05) is 12.1 Å². The Morgan fingerprint density at radius 3 is 2.62 bits per heavy atom. The zero-order valence-corrected chi connectivity index (χ0v) is 9.35. The molecule has 2 rings (SSSR count). The van der Waals surface area contributed by atoms with Crippen molar-refractivity contribution in [3.8, 4) is 5.75 Å². The minimum Gasteiger partial charge on any atom is -0.501 e. The minimum atomic E-state index is -0.564. The summed E-state index contributed by atoms with van der Waals surface area (Å²) in [6.45, 7) is 0.749. The Labute approximate surface area is 95.3 Å². The molecule has 3 nitrogen and oxygen atoms in total. The van der Waals surface area contributed by atoms with Crippen LogP contribution < -0.4 is 4.74 Å². The molecule has 0 spiro atoms. The summed E-state index contributed by atoms with van der Waals surface area (Å²) in [6.07, 6.45) is 2.98. The Morgan fingerprint density at radius 1 is 1.31 bits per heavy atom. The van der Waals surface area contributed by atoms with Gasteiger partial charge in [-0.3, -0.25) is 0 Å². The maximum Gasteiger partial charge on any atom is 0.118 e. The lowest BCUT2D eigenvalue weighted by Gasteiger charge is -2.19. The van der Waals surface area contributed by atoms with E-state index in [9.17, 15) is 5.11 Å². The summed E-state index contributed by atoms with van der Waals surface area (Å²) in [6, 6.07) is 7.45. The Morgan fingerprint density at radius 2 is 2.06 bits per heavy atom. The van der Waals surface area contributed by atoms with E-state index in [1.165, 1.54) is 0 Å². The van der Waals surface area contributed by atoms with Crippen LogP contribution in [0.5, 0.6) is 5.75 Å². The average Bonchev–Trinajstić information content (AvgIpc) is 2.39. The van der Waals surface area contributed by atoms with Gasteiger partial charge < -0.3 is 14.6 Å². The fraction of sp³-hybridized carbons (Fsp3) is 0.385. The van der Waals surface area contributed by atoms with Gasteiger partial charge in [0, 0.05) is 0 Å². The SMILES string of the molecule is COc1ccc(C(O)C2=COCCC2)cc1. The van der Waals surface area contributed by atoms with Crippen molar-refractivity contribution in [2.45, 2.75) is 18.9 Å². The van der Waals surface area contributed by atoms with Crippen LogP contribution in [0, 0.1) is 0 Å². The molecule has 0 aliphatic carbocycles. The molecule has 0 aromatic heterocycles. The Kier molecular flexibility index (Phi) is 3.47. The number of methoxy groups -OCH3 is 1. The van der Waals surface area contributed by atoms with E-state index in [0.29, 0.717) is 0 Å². The summed E-state index contributed by atoms with van der Waals surface area (Å²) in [5.74, 6) is 0.796. The van der Waals surface area contributed by atoms with Crippen LogP contribution in [0.4, 0.5) is 0 Å². The predicted molar refractivity (Wildman–Crippen MR) is 61.2 cm³/mol. The van der Waals surface area contributed by atoms with Crippen molar-refractivity contribution in [3.05, 3.63) is 41.7 Å². The molecule has 1 unspecified atom stereocenters. The van der Waals surface area contributed by atoms with Crippen LogP contribution in [0.2, 0.25) is 0 Å². The summed E-state index contributed by atoms with van der Waals surface area (Å²) < 4.78 is 10.3. The molecule has 86 valence electrons. The first kappa shape index (κ1) is 11.0.